The molecule has 0 radical (unpaired) electrons. The summed E-state index contributed by atoms with van der Waals surface area (Å²) in [7, 11) is 1.47. The Labute approximate surface area is 217 Å². The molecule has 1 fully saturated rings. The van der Waals surface area contributed by atoms with Crippen LogP contribution in [-0.4, -0.2) is 50.1 Å². The zero-order chi connectivity index (χ0) is 26.9. The first-order valence-corrected chi connectivity index (χ1v) is 12.2. The lowest BCUT2D eigenvalue weighted by Gasteiger charge is -2.18. The number of rotatable bonds is 8. The van der Waals surface area contributed by atoms with Gasteiger partial charge in [0.05, 0.1) is 29.5 Å². The van der Waals surface area contributed by atoms with Crippen molar-refractivity contribution in [3.8, 4) is 23.0 Å². The highest BCUT2D eigenvalue weighted by Gasteiger charge is 2.38. The van der Waals surface area contributed by atoms with Gasteiger partial charge in [0.2, 0.25) is 0 Å². The SMILES string of the molecule is COc1cc(N2C(=O)c3ccc(Oc4ccccc4C(F)(F)F)cc3C2=O)ccc1OCCN1CCCC1. The first kappa shape index (κ1) is 25.6. The second-order valence-corrected chi connectivity index (χ2v) is 8.98. The van der Waals surface area contributed by atoms with Crippen molar-refractivity contribution in [1.82, 2.24) is 4.90 Å². The van der Waals surface area contributed by atoms with Gasteiger partial charge in [-0.1, -0.05) is 12.1 Å². The second kappa shape index (κ2) is 10.4. The average molecular weight is 527 g/mol. The van der Waals surface area contributed by atoms with Crippen molar-refractivity contribution in [2.24, 2.45) is 0 Å². The van der Waals surface area contributed by atoms with Crippen molar-refractivity contribution >= 4 is 17.5 Å². The van der Waals surface area contributed by atoms with Gasteiger partial charge in [0.25, 0.3) is 11.8 Å². The summed E-state index contributed by atoms with van der Waals surface area (Å²) in [4.78, 5) is 29.7. The minimum absolute atomic E-state index is 0.00257. The lowest BCUT2D eigenvalue weighted by molar-refractivity contribution is -0.138. The molecule has 3 aromatic rings. The normalized spacial score (nSPS) is 15.6. The van der Waals surface area contributed by atoms with E-state index >= 15 is 0 Å². The number of alkyl halides is 3. The molecule has 0 aliphatic carbocycles. The predicted molar refractivity (Wildman–Crippen MR) is 133 cm³/mol. The summed E-state index contributed by atoms with van der Waals surface area (Å²) < 4.78 is 56.8. The standard InChI is InChI=1S/C28H25F3N2O5/c1-36-25-16-18(8-11-24(25)37-15-14-32-12-4-5-13-32)33-26(34)20-10-9-19(17-21(20)27(33)35)38-23-7-3-2-6-22(23)28(29,30)31/h2-3,6-11,16-17H,4-5,12-15H2,1H3. The number of amides is 2. The van der Waals surface area contributed by atoms with E-state index in [1.807, 2.05) is 0 Å². The molecule has 0 saturated carbocycles. The number of ether oxygens (including phenoxy) is 3. The molecule has 38 heavy (non-hydrogen) atoms. The molecule has 10 heteroatoms. The molecule has 0 atom stereocenters. The van der Waals surface area contributed by atoms with Crippen LogP contribution in [0.2, 0.25) is 0 Å². The van der Waals surface area contributed by atoms with E-state index in [9.17, 15) is 22.8 Å². The predicted octanol–water partition coefficient (Wildman–Crippen LogP) is 5.78. The number of imide groups is 1. The van der Waals surface area contributed by atoms with Gasteiger partial charge in [0.15, 0.2) is 11.5 Å². The topological polar surface area (TPSA) is 68.3 Å². The molecule has 2 amide bonds. The van der Waals surface area contributed by atoms with Crippen LogP contribution in [0.3, 0.4) is 0 Å². The van der Waals surface area contributed by atoms with Gasteiger partial charge in [-0.15, -0.1) is 0 Å². The third-order valence-electron chi connectivity index (χ3n) is 6.55. The molecule has 3 aromatic carbocycles. The molecule has 0 unspecified atom stereocenters. The highest BCUT2D eigenvalue weighted by molar-refractivity contribution is 6.34. The summed E-state index contributed by atoms with van der Waals surface area (Å²) in [6, 6.07) is 13.6. The molecule has 7 nitrogen and oxygen atoms in total. The average Bonchev–Trinajstić information content (AvgIpc) is 3.50. The first-order chi connectivity index (χ1) is 18.3. The fourth-order valence-electron chi connectivity index (χ4n) is 4.64. The van der Waals surface area contributed by atoms with E-state index in [-0.39, 0.29) is 22.6 Å². The number of para-hydroxylation sites is 1. The number of nitrogens with zero attached hydrogens (tertiary/aromatic N) is 2. The Morgan fingerprint density at radius 2 is 1.58 bits per heavy atom. The molecule has 1 saturated heterocycles. The number of carbonyl (C=O) groups is 2. The molecule has 198 valence electrons. The van der Waals surface area contributed by atoms with Crippen LogP contribution in [0.25, 0.3) is 0 Å². The van der Waals surface area contributed by atoms with Crippen molar-refractivity contribution in [3.63, 3.8) is 0 Å². The van der Waals surface area contributed by atoms with Crippen LogP contribution in [0.1, 0.15) is 39.1 Å². The third kappa shape index (κ3) is 5.04. The largest absolute Gasteiger partial charge is 0.493 e. The maximum atomic E-state index is 13.3. The number of methoxy groups -OCH3 is 1. The van der Waals surface area contributed by atoms with Crippen molar-refractivity contribution in [2.75, 3.05) is 38.3 Å². The van der Waals surface area contributed by atoms with Gasteiger partial charge < -0.3 is 14.2 Å². The number of hydrogen-bond acceptors (Lipinski definition) is 6. The van der Waals surface area contributed by atoms with Crippen LogP contribution in [0, 0.1) is 0 Å². The van der Waals surface area contributed by atoms with E-state index in [4.69, 9.17) is 14.2 Å². The maximum Gasteiger partial charge on any atom is 0.419 e. The van der Waals surface area contributed by atoms with Crippen LogP contribution < -0.4 is 19.1 Å². The fraction of sp³-hybridized carbons (Fsp3) is 0.286. The molecule has 0 aromatic heterocycles. The minimum Gasteiger partial charge on any atom is -0.493 e. The molecule has 0 spiro atoms. The Balaban J connectivity index is 1.35. The van der Waals surface area contributed by atoms with E-state index in [0.29, 0.717) is 18.1 Å². The summed E-state index contributed by atoms with van der Waals surface area (Å²) in [5.74, 6) is -0.720. The van der Waals surface area contributed by atoms with E-state index < -0.39 is 29.3 Å². The number of fused-ring (bicyclic) bond motifs is 1. The summed E-state index contributed by atoms with van der Waals surface area (Å²) in [5, 5.41) is 0. The molecular formula is C28H25F3N2O5. The van der Waals surface area contributed by atoms with Crippen LogP contribution in [-0.2, 0) is 6.18 Å². The Bertz CT molecular complexity index is 1370. The van der Waals surface area contributed by atoms with Crippen LogP contribution in [0.15, 0.2) is 60.7 Å². The van der Waals surface area contributed by atoms with E-state index in [0.717, 1.165) is 30.6 Å². The highest BCUT2D eigenvalue weighted by atomic mass is 19.4. The lowest BCUT2D eigenvalue weighted by Crippen LogP contribution is -2.29. The van der Waals surface area contributed by atoms with Gasteiger partial charge >= 0.3 is 6.18 Å². The molecular weight excluding hydrogens is 501 g/mol. The number of benzene rings is 3. The smallest absolute Gasteiger partial charge is 0.419 e. The first-order valence-electron chi connectivity index (χ1n) is 12.2. The number of anilines is 1. The maximum absolute atomic E-state index is 13.3. The summed E-state index contributed by atoms with van der Waals surface area (Å²) in [5.41, 5.74) is -0.512. The summed E-state index contributed by atoms with van der Waals surface area (Å²) in [6.45, 7) is 3.38. The Kier molecular flexibility index (Phi) is 6.98. The molecule has 0 N–H and O–H groups in total. The molecule has 2 aliphatic rings. The van der Waals surface area contributed by atoms with Crippen LogP contribution in [0.5, 0.6) is 23.0 Å². The van der Waals surface area contributed by atoms with Gasteiger partial charge in [-0.3, -0.25) is 14.5 Å². The molecule has 5 rings (SSSR count). The van der Waals surface area contributed by atoms with E-state index in [1.165, 1.54) is 56.3 Å². The van der Waals surface area contributed by atoms with Crippen molar-refractivity contribution < 1.29 is 37.0 Å². The monoisotopic (exact) mass is 526 g/mol. The van der Waals surface area contributed by atoms with Crippen molar-refractivity contribution in [2.45, 2.75) is 19.0 Å². The lowest BCUT2D eigenvalue weighted by atomic mass is 10.1. The van der Waals surface area contributed by atoms with Crippen molar-refractivity contribution in [1.29, 1.82) is 0 Å². The van der Waals surface area contributed by atoms with Crippen LogP contribution >= 0.6 is 0 Å². The highest BCUT2D eigenvalue weighted by Crippen LogP contribution is 2.40. The quantitative estimate of drug-likeness (QED) is 0.347. The summed E-state index contributed by atoms with van der Waals surface area (Å²) >= 11 is 0. The zero-order valence-corrected chi connectivity index (χ0v) is 20.6. The van der Waals surface area contributed by atoms with Gasteiger partial charge in [-0.2, -0.15) is 13.2 Å². The van der Waals surface area contributed by atoms with E-state index in [2.05, 4.69) is 4.90 Å². The van der Waals surface area contributed by atoms with Gasteiger partial charge in [0.1, 0.15) is 18.1 Å². The molecule has 0 bridgehead atoms. The Hall–Kier alpha value is -4.05. The molecule has 2 aliphatic heterocycles. The van der Waals surface area contributed by atoms with Crippen LogP contribution in [0.4, 0.5) is 18.9 Å². The Morgan fingerprint density at radius 3 is 2.32 bits per heavy atom. The summed E-state index contributed by atoms with van der Waals surface area (Å²) in [6.07, 6.45) is -2.24. The van der Waals surface area contributed by atoms with Gasteiger partial charge in [-0.25, -0.2) is 4.90 Å². The number of halogens is 3. The van der Waals surface area contributed by atoms with Gasteiger partial charge in [-0.05, 0) is 68.4 Å². The third-order valence-corrected chi connectivity index (χ3v) is 6.55. The minimum atomic E-state index is -4.61. The fourth-order valence-corrected chi connectivity index (χ4v) is 4.64. The number of carbonyl (C=O) groups excluding carboxylic acids is 2. The Morgan fingerprint density at radius 1 is 0.842 bits per heavy atom. The van der Waals surface area contributed by atoms with Gasteiger partial charge in [0, 0.05) is 12.6 Å². The number of likely N-dealkylation sites (tertiary alicyclic amines) is 1. The van der Waals surface area contributed by atoms with E-state index in [1.54, 1.807) is 18.2 Å². The second-order valence-electron chi connectivity index (χ2n) is 8.98. The van der Waals surface area contributed by atoms with Crippen molar-refractivity contribution in [3.05, 3.63) is 77.4 Å². The zero-order valence-electron chi connectivity index (χ0n) is 20.6. The number of hydrogen-bond donors (Lipinski definition) is 0. The molecule has 2 heterocycles.